The highest BCUT2D eigenvalue weighted by Gasteiger charge is 2.04. The predicted molar refractivity (Wildman–Crippen MR) is 91.7 cm³/mol. The molecule has 0 saturated heterocycles. The first kappa shape index (κ1) is 17.0. The Morgan fingerprint density at radius 3 is 2.78 bits per heavy atom. The van der Waals surface area contributed by atoms with E-state index in [0.717, 1.165) is 24.2 Å². The zero-order valence-electron chi connectivity index (χ0n) is 13.1. The minimum atomic E-state index is 0.336. The van der Waals surface area contributed by atoms with Crippen LogP contribution < -0.4 is 14.9 Å². The van der Waals surface area contributed by atoms with Crippen molar-refractivity contribution in [3.8, 4) is 11.5 Å². The van der Waals surface area contributed by atoms with Gasteiger partial charge in [0.2, 0.25) is 0 Å². The van der Waals surface area contributed by atoms with Gasteiger partial charge in [-0.3, -0.25) is 5.43 Å². The zero-order valence-corrected chi connectivity index (χ0v) is 13.9. The second kappa shape index (κ2) is 8.95. The molecule has 0 spiro atoms. The predicted octanol–water partition coefficient (Wildman–Crippen LogP) is 3.76. The Hall–Kier alpha value is -2.34. The van der Waals surface area contributed by atoms with Crippen molar-refractivity contribution in [2.75, 3.05) is 19.1 Å². The van der Waals surface area contributed by atoms with Gasteiger partial charge in [0.1, 0.15) is 0 Å². The van der Waals surface area contributed by atoms with Gasteiger partial charge in [-0.1, -0.05) is 24.9 Å². The van der Waals surface area contributed by atoms with Crippen LogP contribution in [0.4, 0.5) is 5.82 Å². The highest BCUT2D eigenvalue weighted by atomic mass is 35.5. The molecule has 6 nitrogen and oxygen atoms in total. The van der Waals surface area contributed by atoms with Crippen LogP contribution >= 0.6 is 11.6 Å². The first-order chi connectivity index (χ1) is 11.2. The summed E-state index contributed by atoms with van der Waals surface area (Å²) in [5.74, 6) is 1.92. The number of unbranched alkanes of at least 4 members (excludes halogenated alkanes) is 1. The third kappa shape index (κ3) is 5.41. The molecular formula is C16H19ClN4O2. The maximum absolute atomic E-state index is 5.69. The molecule has 122 valence electrons. The van der Waals surface area contributed by atoms with Crippen LogP contribution in [0.3, 0.4) is 0 Å². The van der Waals surface area contributed by atoms with Gasteiger partial charge in [-0.15, -0.1) is 10.2 Å². The van der Waals surface area contributed by atoms with Crippen molar-refractivity contribution in [1.82, 2.24) is 10.2 Å². The van der Waals surface area contributed by atoms with Crippen LogP contribution in [-0.4, -0.2) is 30.1 Å². The topological polar surface area (TPSA) is 68.6 Å². The molecule has 0 saturated carbocycles. The number of aromatic nitrogens is 2. The summed E-state index contributed by atoms with van der Waals surface area (Å²) in [4.78, 5) is 0. The summed E-state index contributed by atoms with van der Waals surface area (Å²) in [5.41, 5.74) is 3.65. The number of hydrogen-bond acceptors (Lipinski definition) is 6. The largest absolute Gasteiger partial charge is 0.493 e. The van der Waals surface area contributed by atoms with Crippen LogP contribution in [0.1, 0.15) is 25.3 Å². The maximum atomic E-state index is 5.69. The lowest BCUT2D eigenvalue weighted by molar-refractivity contribution is 0.288. The van der Waals surface area contributed by atoms with E-state index in [0.29, 0.717) is 23.3 Å². The number of nitrogens with zero attached hydrogens (tertiary/aromatic N) is 3. The van der Waals surface area contributed by atoms with E-state index < -0.39 is 0 Å². The molecule has 2 rings (SSSR count). The average Bonchev–Trinajstić information content (AvgIpc) is 2.58. The molecule has 0 aliphatic heterocycles. The average molecular weight is 335 g/mol. The lowest BCUT2D eigenvalue weighted by atomic mass is 10.2. The molecule has 1 aromatic heterocycles. The van der Waals surface area contributed by atoms with Crippen LogP contribution in [0.15, 0.2) is 35.4 Å². The van der Waals surface area contributed by atoms with Gasteiger partial charge in [0, 0.05) is 0 Å². The van der Waals surface area contributed by atoms with Crippen LogP contribution in [0, 0.1) is 0 Å². The Balaban J connectivity index is 1.99. The van der Waals surface area contributed by atoms with Gasteiger partial charge in [0.25, 0.3) is 0 Å². The fourth-order valence-corrected chi connectivity index (χ4v) is 1.86. The summed E-state index contributed by atoms with van der Waals surface area (Å²) >= 11 is 5.67. The molecule has 0 fully saturated rings. The third-order valence-electron chi connectivity index (χ3n) is 2.97. The number of hydrazone groups is 1. The molecule has 7 heteroatoms. The van der Waals surface area contributed by atoms with Crippen LogP contribution in [0.2, 0.25) is 5.15 Å². The second-order valence-corrected chi connectivity index (χ2v) is 5.11. The fraction of sp³-hybridized carbons (Fsp3) is 0.312. The van der Waals surface area contributed by atoms with Gasteiger partial charge >= 0.3 is 0 Å². The first-order valence-electron chi connectivity index (χ1n) is 7.32. The van der Waals surface area contributed by atoms with Gasteiger partial charge in [-0.2, -0.15) is 5.10 Å². The minimum absolute atomic E-state index is 0.336. The Morgan fingerprint density at radius 2 is 2.09 bits per heavy atom. The Labute approximate surface area is 140 Å². The number of methoxy groups -OCH3 is 1. The molecular weight excluding hydrogens is 316 g/mol. The molecule has 1 N–H and O–H groups in total. The fourth-order valence-electron chi connectivity index (χ4n) is 1.76. The van der Waals surface area contributed by atoms with Crippen molar-refractivity contribution in [3.63, 3.8) is 0 Å². The number of rotatable bonds is 8. The quantitative estimate of drug-likeness (QED) is 0.452. The van der Waals surface area contributed by atoms with Crippen LogP contribution in [-0.2, 0) is 0 Å². The molecule has 1 heterocycles. The SMILES string of the molecule is CCCCOc1ccc(/C=N/Nc2ccc(Cl)nn2)cc1OC. The third-order valence-corrected chi connectivity index (χ3v) is 3.17. The Kier molecular flexibility index (Phi) is 6.62. The lowest BCUT2D eigenvalue weighted by Crippen LogP contribution is -2.00. The van der Waals surface area contributed by atoms with Gasteiger partial charge in [0.15, 0.2) is 22.5 Å². The van der Waals surface area contributed by atoms with Crippen molar-refractivity contribution in [1.29, 1.82) is 0 Å². The smallest absolute Gasteiger partial charge is 0.168 e. The van der Waals surface area contributed by atoms with Crippen LogP contribution in [0.25, 0.3) is 0 Å². The lowest BCUT2D eigenvalue weighted by Gasteiger charge is -2.10. The van der Waals surface area contributed by atoms with E-state index in [2.05, 4.69) is 27.6 Å². The summed E-state index contributed by atoms with van der Waals surface area (Å²) in [5, 5.41) is 12.0. The Bertz CT molecular complexity index is 647. The molecule has 0 radical (unpaired) electrons. The van der Waals surface area contributed by atoms with Gasteiger partial charge in [-0.25, -0.2) is 0 Å². The molecule has 0 bridgehead atoms. The molecule has 0 unspecified atom stereocenters. The van der Waals surface area contributed by atoms with Gasteiger partial charge < -0.3 is 9.47 Å². The summed E-state index contributed by atoms with van der Waals surface area (Å²) in [6.45, 7) is 2.80. The number of nitrogens with one attached hydrogen (secondary N) is 1. The first-order valence-corrected chi connectivity index (χ1v) is 7.70. The molecule has 0 aliphatic rings. The van der Waals surface area contributed by atoms with E-state index in [-0.39, 0.29) is 0 Å². The summed E-state index contributed by atoms with van der Waals surface area (Å²) in [7, 11) is 1.62. The summed E-state index contributed by atoms with van der Waals surface area (Å²) in [6.07, 6.45) is 3.76. The van der Waals surface area contributed by atoms with E-state index in [1.54, 1.807) is 25.5 Å². The van der Waals surface area contributed by atoms with Crippen molar-refractivity contribution in [2.45, 2.75) is 19.8 Å². The molecule has 0 aliphatic carbocycles. The van der Waals surface area contributed by atoms with Gasteiger partial charge in [0.05, 0.1) is 19.9 Å². The van der Waals surface area contributed by atoms with Crippen molar-refractivity contribution in [3.05, 3.63) is 41.0 Å². The summed E-state index contributed by atoms with van der Waals surface area (Å²) < 4.78 is 11.0. The van der Waals surface area contributed by atoms with Crippen molar-refractivity contribution in [2.24, 2.45) is 5.10 Å². The number of benzene rings is 1. The monoisotopic (exact) mass is 334 g/mol. The second-order valence-electron chi connectivity index (χ2n) is 4.72. The highest BCUT2D eigenvalue weighted by molar-refractivity contribution is 6.29. The van der Waals surface area contributed by atoms with Crippen molar-refractivity contribution < 1.29 is 9.47 Å². The van der Waals surface area contributed by atoms with Crippen LogP contribution in [0.5, 0.6) is 11.5 Å². The minimum Gasteiger partial charge on any atom is -0.493 e. The van der Waals surface area contributed by atoms with Crippen molar-refractivity contribution >= 4 is 23.6 Å². The van der Waals surface area contributed by atoms with E-state index in [1.165, 1.54) is 0 Å². The van der Waals surface area contributed by atoms with Gasteiger partial charge in [-0.05, 0) is 42.3 Å². The van der Waals surface area contributed by atoms with E-state index in [4.69, 9.17) is 21.1 Å². The zero-order chi connectivity index (χ0) is 16.5. The summed E-state index contributed by atoms with van der Waals surface area (Å²) in [6, 6.07) is 8.97. The molecule has 23 heavy (non-hydrogen) atoms. The number of halogens is 1. The normalized spacial score (nSPS) is 10.7. The van der Waals surface area contributed by atoms with E-state index in [9.17, 15) is 0 Å². The molecule has 0 amide bonds. The number of anilines is 1. The number of ether oxygens (including phenoxy) is 2. The highest BCUT2D eigenvalue weighted by Crippen LogP contribution is 2.27. The molecule has 0 atom stereocenters. The van der Waals surface area contributed by atoms with E-state index in [1.807, 2.05) is 18.2 Å². The standard InChI is InChI=1S/C16H19ClN4O2/c1-3-4-9-23-13-6-5-12(10-14(13)22-2)11-18-20-16-8-7-15(17)19-21-16/h5-8,10-11H,3-4,9H2,1-2H3,(H,20,21)/b18-11+. The molecule has 2 aromatic rings. The maximum Gasteiger partial charge on any atom is 0.168 e. The van der Waals surface area contributed by atoms with E-state index >= 15 is 0 Å². The number of hydrogen-bond donors (Lipinski definition) is 1. The molecule has 1 aromatic carbocycles. The Morgan fingerprint density at radius 1 is 1.22 bits per heavy atom.